The van der Waals surface area contributed by atoms with Crippen molar-refractivity contribution in [3.63, 3.8) is 0 Å². The molecule has 0 aromatic carbocycles. The number of rotatable bonds is 4. The van der Waals surface area contributed by atoms with E-state index in [0.29, 0.717) is 12.8 Å². The van der Waals surface area contributed by atoms with E-state index in [1.165, 1.54) is 4.90 Å². The average molecular weight is 515 g/mol. The number of carbonyl (C=O) groups excluding carboxylic acids is 4. The van der Waals surface area contributed by atoms with Gasteiger partial charge in [0, 0.05) is 13.0 Å². The van der Waals surface area contributed by atoms with Crippen LogP contribution in [0.25, 0.3) is 0 Å². The normalized spacial score (nSPS) is 35.3. The summed E-state index contributed by atoms with van der Waals surface area (Å²) in [5, 5.41) is 14.9. The summed E-state index contributed by atoms with van der Waals surface area (Å²) in [4.78, 5) is 53.5. The molecule has 4 amide bonds. The number of nitrogens with one attached hydrogen (secondary N) is 3. The van der Waals surface area contributed by atoms with Crippen molar-refractivity contribution in [3.05, 3.63) is 0 Å². The smallest absolute Gasteiger partial charge is 0.408 e. The van der Waals surface area contributed by atoms with Crippen molar-refractivity contribution in [1.82, 2.24) is 20.3 Å². The summed E-state index contributed by atoms with van der Waals surface area (Å²) in [6.07, 6.45) is -0.471. The molecule has 0 bridgehead atoms. The fourth-order valence-corrected chi connectivity index (χ4v) is 6.50. The van der Waals surface area contributed by atoms with Gasteiger partial charge in [0.05, 0.1) is 11.4 Å². The number of carbonyl (C=O) groups is 4. The molecule has 4 fully saturated rings. The summed E-state index contributed by atoms with van der Waals surface area (Å²) in [6, 6.07) is -2.10. The second-order valence-electron chi connectivity index (χ2n) is 11.3. The Balaban J connectivity index is 1.61. The number of alkyl carbamates (subject to hydrolysis) is 1. The number of amides is 4. The van der Waals surface area contributed by atoms with Gasteiger partial charge < -0.3 is 25.4 Å². The van der Waals surface area contributed by atoms with E-state index in [4.69, 9.17) is 4.74 Å². The van der Waals surface area contributed by atoms with Gasteiger partial charge >= 0.3 is 6.09 Å². The molecule has 2 saturated carbocycles. The van der Waals surface area contributed by atoms with E-state index < -0.39 is 74.3 Å². The Kier molecular flexibility index (Phi) is 6.32. The van der Waals surface area contributed by atoms with Crippen LogP contribution in [0.4, 0.5) is 4.79 Å². The zero-order valence-electron chi connectivity index (χ0n) is 20.4. The van der Waals surface area contributed by atoms with Gasteiger partial charge in [-0.1, -0.05) is 6.92 Å². The van der Waals surface area contributed by atoms with E-state index in [1.807, 2.05) is 0 Å². The molecule has 35 heavy (non-hydrogen) atoms. The fraction of sp³-hybridized carbons (Fsp3) is 0.818. The maximum atomic E-state index is 13.4. The summed E-state index contributed by atoms with van der Waals surface area (Å²) in [6.45, 7) is 6.75. The summed E-state index contributed by atoms with van der Waals surface area (Å²) >= 11 is 0. The van der Waals surface area contributed by atoms with Crippen LogP contribution in [0.5, 0.6) is 0 Å². The van der Waals surface area contributed by atoms with Crippen LogP contribution in [0, 0.1) is 11.8 Å². The minimum atomic E-state index is -3.83. The van der Waals surface area contributed by atoms with Crippen LogP contribution >= 0.6 is 0 Å². The topological polar surface area (TPSA) is 171 Å². The third-order valence-corrected chi connectivity index (χ3v) is 8.93. The minimum absolute atomic E-state index is 0.0327. The summed E-state index contributed by atoms with van der Waals surface area (Å²) in [7, 11) is -3.83. The zero-order valence-corrected chi connectivity index (χ0v) is 21.2. The molecule has 2 heterocycles. The zero-order chi connectivity index (χ0) is 25.9. The van der Waals surface area contributed by atoms with Crippen LogP contribution in [0.3, 0.4) is 0 Å². The SMILES string of the molecule is CC1C[C@H](NC(=O)OC(C)(C)C)C(=O)N2C[C@H](O)C[C@H]2C(=O)N[C@]2(C(=O)NS(=O)(=O)C3CC3)C[C@@H]12. The van der Waals surface area contributed by atoms with E-state index in [9.17, 15) is 32.7 Å². The second kappa shape index (κ2) is 8.61. The molecule has 196 valence electrons. The predicted molar refractivity (Wildman–Crippen MR) is 122 cm³/mol. The summed E-state index contributed by atoms with van der Waals surface area (Å²) in [5.74, 6) is -2.72. The largest absolute Gasteiger partial charge is 0.444 e. The third kappa shape index (κ3) is 5.25. The van der Waals surface area contributed by atoms with E-state index in [-0.39, 0.29) is 31.7 Å². The van der Waals surface area contributed by atoms with Gasteiger partial charge in [-0.2, -0.15) is 0 Å². The monoisotopic (exact) mass is 514 g/mol. The van der Waals surface area contributed by atoms with Crippen molar-refractivity contribution in [2.45, 2.75) is 94.4 Å². The van der Waals surface area contributed by atoms with Crippen molar-refractivity contribution in [2.24, 2.45) is 11.8 Å². The molecular weight excluding hydrogens is 480 g/mol. The molecule has 0 aromatic rings. The molecular formula is C22H34N4O8S. The van der Waals surface area contributed by atoms with Crippen LogP contribution < -0.4 is 15.4 Å². The molecule has 6 atom stereocenters. The van der Waals surface area contributed by atoms with Crippen LogP contribution in [-0.4, -0.2) is 83.4 Å². The highest BCUT2D eigenvalue weighted by molar-refractivity contribution is 7.91. The Hall–Kier alpha value is -2.41. The number of hydrogen-bond acceptors (Lipinski definition) is 8. The molecule has 12 nitrogen and oxygen atoms in total. The molecule has 0 radical (unpaired) electrons. The van der Waals surface area contributed by atoms with Crippen molar-refractivity contribution >= 4 is 33.8 Å². The number of hydrogen-bond donors (Lipinski definition) is 4. The number of sulfonamides is 1. The second-order valence-corrected chi connectivity index (χ2v) is 13.2. The van der Waals surface area contributed by atoms with Crippen LogP contribution in [0.15, 0.2) is 0 Å². The lowest BCUT2D eigenvalue weighted by Gasteiger charge is -2.33. The molecule has 13 heteroatoms. The third-order valence-electron chi connectivity index (χ3n) is 7.11. The Morgan fingerprint density at radius 1 is 1.20 bits per heavy atom. The maximum absolute atomic E-state index is 13.4. The van der Waals surface area contributed by atoms with Gasteiger partial charge in [-0.25, -0.2) is 13.2 Å². The highest BCUT2D eigenvalue weighted by Gasteiger charge is 2.65. The molecule has 2 aliphatic carbocycles. The molecule has 1 unspecified atom stereocenters. The first-order valence-corrected chi connectivity index (χ1v) is 13.5. The first kappa shape index (κ1) is 25.7. The fourth-order valence-electron chi connectivity index (χ4n) is 5.13. The lowest BCUT2D eigenvalue weighted by Crippen LogP contribution is -2.60. The highest BCUT2D eigenvalue weighted by atomic mass is 32.2. The van der Waals surface area contributed by atoms with Crippen LogP contribution in [-0.2, 0) is 29.1 Å². The summed E-state index contributed by atoms with van der Waals surface area (Å²) < 4.78 is 32.3. The maximum Gasteiger partial charge on any atom is 0.408 e. The van der Waals surface area contributed by atoms with Gasteiger partial charge in [0.25, 0.3) is 5.91 Å². The standard InChI is InChI=1S/C22H34N4O8S/c1-11-7-15(23-20(31)34-21(2,3)4)18(29)26-10-12(27)8-16(26)17(28)24-22(9-14(11)22)19(30)25-35(32,33)13-5-6-13/h11-16,27H,5-10H2,1-4H3,(H,23,31)(H,24,28)(H,25,30)/t11?,12-,14+,15+,16+,22-/m1/s1. The van der Waals surface area contributed by atoms with Crippen molar-refractivity contribution in [2.75, 3.05) is 6.54 Å². The average Bonchev–Trinajstić information content (AvgIpc) is 3.62. The molecule has 2 aliphatic heterocycles. The quantitative estimate of drug-likeness (QED) is 0.384. The van der Waals surface area contributed by atoms with E-state index in [0.717, 1.165) is 0 Å². The summed E-state index contributed by atoms with van der Waals surface area (Å²) in [5.41, 5.74) is -2.23. The van der Waals surface area contributed by atoms with E-state index in [1.54, 1.807) is 27.7 Å². The van der Waals surface area contributed by atoms with Gasteiger partial charge in [0.15, 0.2) is 0 Å². The minimum Gasteiger partial charge on any atom is -0.444 e. The Bertz CT molecular complexity index is 1040. The first-order valence-electron chi connectivity index (χ1n) is 12.0. The lowest BCUT2D eigenvalue weighted by atomic mass is 9.92. The van der Waals surface area contributed by atoms with Gasteiger partial charge in [-0.15, -0.1) is 0 Å². The lowest BCUT2D eigenvalue weighted by molar-refractivity contribution is -0.142. The number of ether oxygens (including phenoxy) is 1. The van der Waals surface area contributed by atoms with Gasteiger partial charge in [0.2, 0.25) is 21.8 Å². The van der Waals surface area contributed by atoms with E-state index >= 15 is 0 Å². The van der Waals surface area contributed by atoms with Gasteiger partial charge in [-0.05, 0) is 58.3 Å². The Labute approximate surface area is 204 Å². The molecule has 4 N–H and O–H groups in total. The number of aliphatic hydroxyl groups is 1. The Morgan fingerprint density at radius 3 is 2.46 bits per heavy atom. The predicted octanol–water partition coefficient (Wildman–Crippen LogP) is -0.635. The molecule has 0 aromatic heterocycles. The van der Waals surface area contributed by atoms with Crippen molar-refractivity contribution < 1.29 is 37.4 Å². The molecule has 0 spiro atoms. The molecule has 4 aliphatic rings. The Morgan fingerprint density at radius 2 is 1.86 bits per heavy atom. The van der Waals surface area contributed by atoms with Crippen LogP contribution in [0.1, 0.15) is 59.8 Å². The van der Waals surface area contributed by atoms with Gasteiger partial charge in [0.1, 0.15) is 23.2 Å². The highest BCUT2D eigenvalue weighted by Crippen LogP contribution is 2.51. The van der Waals surface area contributed by atoms with E-state index in [2.05, 4.69) is 15.4 Å². The van der Waals surface area contributed by atoms with Crippen molar-refractivity contribution in [3.8, 4) is 0 Å². The molecule has 4 rings (SSSR count). The number of aliphatic hydroxyl groups excluding tert-OH is 1. The molecule has 2 saturated heterocycles. The van der Waals surface area contributed by atoms with Gasteiger partial charge in [-0.3, -0.25) is 19.1 Å². The number of nitrogens with zero attached hydrogens (tertiary/aromatic N) is 1. The number of fused-ring (bicyclic) bond motifs is 2. The van der Waals surface area contributed by atoms with Crippen molar-refractivity contribution in [1.29, 1.82) is 0 Å². The van der Waals surface area contributed by atoms with Crippen LogP contribution in [0.2, 0.25) is 0 Å². The first-order chi connectivity index (χ1) is 16.1.